The number of rotatable bonds is 1. The first-order chi connectivity index (χ1) is 14.3. The maximum absolute atomic E-state index is 2.55. The van der Waals surface area contributed by atoms with E-state index in [1.54, 1.807) is 4.40 Å². The van der Waals surface area contributed by atoms with Gasteiger partial charge in [-0.1, -0.05) is 0 Å². The number of benzene rings is 3. The molecule has 3 heteroatoms. The van der Waals surface area contributed by atoms with Crippen molar-refractivity contribution in [3.05, 3.63) is 65.9 Å². The zero-order valence-corrected chi connectivity index (χ0v) is 20.7. The molecule has 0 amide bonds. The summed E-state index contributed by atoms with van der Waals surface area (Å²) in [6.45, 7) is 4.54. The van der Waals surface area contributed by atoms with Crippen molar-refractivity contribution >= 4 is 66.7 Å². The Hall–Kier alpha value is -2.59. The predicted molar refractivity (Wildman–Crippen MR) is 132 cm³/mol. The van der Waals surface area contributed by atoms with Gasteiger partial charge in [-0.05, 0) is 0 Å². The summed E-state index contributed by atoms with van der Waals surface area (Å²) >= 11 is -2.01. The number of fused-ring (bicyclic) bond motifs is 5. The van der Waals surface area contributed by atoms with Crippen LogP contribution in [0.4, 0.5) is 0 Å². The average Bonchev–Trinajstić information content (AvgIpc) is 3.03. The molecule has 0 bridgehead atoms. The maximum atomic E-state index is 2.55. The van der Waals surface area contributed by atoms with E-state index in [4.69, 9.17) is 0 Å². The Labute approximate surface area is 179 Å². The molecular weight excluding hydrogens is 425 g/mol. The summed E-state index contributed by atoms with van der Waals surface area (Å²) in [5, 5.41) is 6.87. The zero-order chi connectivity index (χ0) is 20.9. The van der Waals surface area contributed by atoms with Gasteiger partial charge in [0, 0.05) is 0 Å². The molecule has 30 heavy (non-hydrogen) atoms. The molecule has 0 spiro atoms. The van der Waals surface area contributed by atoms with E-state index in [0.717, 1.165) is 0 Å². The summed E-state index contributed by atoms with van der Waals surface area (Å²) in [6, 6.07) is 18.6. The van der Waals surface area contributed by atoms with Crippen molar-refractivity contribution in [1.82, 2.24) is 4.40 Å². The summed E-state index contributed by atoms with van der Waals surface area (Å²) < 4.78 is 6.45. The summed E-state index contributed by atoms with van der Waals surface area (Å²) in [6.07, 6.45) is 2.24. The Balaban J connectivity index is 2.09. The Morgan fingerprint density at radius 1 is 0.833 bits per heavy atom. The fourth-order valence-corrected chi connectivity index (χ4v) is 7.72. The van der Waals surface area contributed by atoms with E-state index in [2.05, 4.69) is 102 Å². The Bertz CT molecular complexity index is 1650. The van der Waals surface area contributed by atoms with Gasteiger partial charge in [-0.2, -0.15) is 0 Å². The summed E-state index contributed by atoms with van der Waals surface area (Å²) in [5.41, 5.74) is 8.15. The molecule has 3 heterocycles. The predicted octanol–water partition coefficient (Wildman–Crippen LogP) is 5.98. The van der Waals surface area contributed by atoms with Crippen molar-refractivity contribution in [2.24, 2.45) is 7.05 Å². The van der Waals surface area contributed by atoms with Gasteiger partial charge in [0.25, 0.3) is 0 Å². The van der Waals surface area contributed by atoms with Gasteiger partial charge in [0.2, 0.25) is 0 Å². The van der Waals surface area contributed by atoms with E-state index >= 15 is 0 Å². The molecular formula is C27H27GeN2+. The SMILES string of the molecule is Cc1cc2c3ccccc3n3c4c[c]([Ge]([CH3])([CH3])[CH3])cc5cc[n+](C)c(c(c1C)c23)c54. The average molecular weight is 452 g/mol. The molecule has 0 aliphatic heterocycles. The normalized spacial score (nSPS) is 13.0. The third-order valence-corrected chi connectivity index (χ3v) is 11.3. The van der Waals surface area contributed by atoms with Crippen LogP contribution in [-0.2, 0) is 7.05 Å². The first-order valence-electron chi connectivity index (χ1n) is 10.8. The molecule has 0 atom stereocenters. The molecule has 6 rings (SSSR count). The van der Waals surface area contributed by atoms with Gasteiger partial charge in [-0.25, -0.2) is 0 Å². The van der Waals surface area contributed by atoms with Crippen LogP contribution >= 0.6 is 0 Å². The van der Waals surface area contributed by atoms with Crippen molar-refractivity contribution in [3.63, 3.8) is 0 Å². The van der Waals surface area contributed by atoms with E-state index in [-0.39, 0.29) is 0 Å². The summed E-state index contributed by atoms with van der Waals surface area (Å²) in [7, 11) is 2.19. The molecule has 0 fully saturated rings. The minimum absolute atomic E-state index is 1.32. The molecule has 0 radical (unpaired) electrons. The molecule has 0 saturated heterocycles. The molecule has 6 aromatic rings. The van der Waals surface area contributed by atoms with Crippen molar-refractivity contribution in [2.45, 2.75) is 31.1 Å². The van der Waals surface area contributed by atoms with E-state index < -0.39 is 13.3 Å². The number of pyridine rings is 2. The second-order valence-electron chi connectivity index (χ2n) is 9.93. The molecule has 0 unspecified atom stereocenters. The van der Waals surface area contributed by atoms with Crippen LogP contribution < -0.4 is 8.96 Å². The van der Waals surface area contributed by atoms with Crippen LogP contribution in [0, 0.1) is 13.8 Å². The number of aromatic nitrogens is 2. The molecule has 0 aliphatic carbocycles. The molecule has 3 aromatic carbocycles. The number of nitrogens with zero attached hydrogens (tertiary/aromatic N) is 2. The van der Waals surface area contributed by atoms with Crippen LogP contribution in [0.3, 0.4) is 0 Å². The fourth-order valence-electron chi connectivity index (χ4n) is 5.29. The van der Waals surface area contributed by atoms with Crippen LogP contribution in [-0.4, -0.2) is 17.7 Å². The first kappa shape index (κ1) is 18.2. The van der Waals surface area contributed by atoms with Crippen molar-refractivity contribution in [1.29, 1.82) is 0 Å². The Kier molecular flexibility index (Phi) is 3.50. The second kappa shape index (κ2) is 5.76. The third-order valence-electron chi connectivity index (χ3n) is 7.04. The van der Waals surface area contributed by atoms with E-state index in [9.17, 15) is 0 Å². The summed E-state index contributed by atoms with van der Waals surface area (Å²) in [4.78, 5) is 0. The topological polar surface area (TPSA) is 8.29 Å². The summed E-state index contributed by atoms with van der Waals surface area (Å²) in [5.74, 6) is 7.47. The molecule has 0 aliphatic rings. The molecule has 0 saturated carbocycles. The van der Waals surface area contributed by atoms with Crippen molar-refractivity contribution in [3.8, 4) is 0 Å². The zero-order valence-electron chi connectivity index (χ0n) is 18.6. The molecule has 148 valence electrons. The van der Waals surface area contributed by atoms with Gasteiger partial charge in [0.15, 0.2) is 0 Å². The van der Waals surface area contributed by atoms with Crippen LogP contribution in [0.5, 0.6) is 0 Å². The van der Waals surface area contributed by atoms with Crippen LogP contribution in [0.2, 0.25) is 17.3 Å². The first-order valence-corrected chi connectivity index (χ1v) is 18.1. The standard InChI is InChI=1S/C27H27GeN2/c1-16-13-21-20-9-7-8-10-22(20)30-23-15-19(28(3,4)5)14-18-11-12-29(6)27(25(18)23)24(17(16)2)26(21)30/h7-15H,1-6H3/q+1. The minimum atomic E-state index is -2.01. The Morgan fingerprint density at radius 2 is 1.60 bits per heavy atom. The van der Waals surface area contributed by atoms with Gasteiger partial charge in [0.05, 0.1) is 0 Å². The third kappa shape index (κ3) is 2.18. The molecule has 0 N–H and O–H groups in total. The quantitative estimate of drug-likeness (QED) is 0.126. The van der Waals surface area contributed by atoms with Crippen molar-refractivity contribution in [2.75, 3.05) is 0 Å². The van der Waals surface area contributed by atoms with Crippen LogP contribution in [0.25, 0.3) is 49.0 Å². The number of hydrogen-bond donors (Lipinski definition) is 0. The fraction of sp³-hybridized carbons (Fsp3) is 0.222. The van der Waals surface area contributed by atoms with Gasteiger partial charge in [0.1, 0.15) is 0 Å². The second-order valence-corrected chi connectivity index (χ2v) is 20.6. The van der Waals surface area contributed by atoms with Gasteiger partial charge < -0.3 is 0 Å². The van der Waals surface area contributed by atoms with Crippen LogP contribution in [0.15, 0.2) is 54.7 Å². The number of para-hydroxylation sites is 1. The molecule has 3 aromatic heterocycles. The monoisotopic (exact) mass is 453 g/mol. The number of hydrogen-bond acceptors (Lipinski definition) is 0. The van der Waals surface area contributed by atoms with Crippen LogP contribution in [0.1, 0.15) is 11.1 Å². The molecule has 2 nitrogen and oxygen atoms in total. The Morgan fingerprint density at radius 3 is 2.37 bits per heavy atom. The van der Waals surface area contributed by atoms with E-state index in [0.29, 0.717) is 0 Å². The van der Waals surface area contributed by atoms with Gasteiger partial charge >= 0.3 is 180 Å². The van der Waals surface area contributed by atoms with Gasteiger partial charge in [-0.15, -0.1) is 0 Å². The van der Waals surface area contributed by atoms with Gasteiger partial charge in [-0.3, -0.25) is 0 Å². The van der Waals surface area contributed by atoms with E-state index in [1.807, 2.05) is 0 Å². The van der Waals surface area contributed by atoms with E-state index in [1.165, 1.54) is 60.1 Å². The number of aryl methyl sites for hydroxylation is 3. The van der Waals surface area contributed by atoms with Crippen molar-refractivity contribution < 1.29 is 4.57 Å².